The predicted octanol–water partition coefficient (Wildman–Crippen LogP) is 0.904. The molecule has 0 bridgehead atoms. The number of aliphatic hydroxyl groups is 1. The summed E-state index contributed by atoms with van der Waals surface area (Å²) in [5.41, 5.74) is -0.305. The van der Waals surface area contributed by atoms with Gasteiger partial charge in [-0.05, 0) is 19.1 Å². The van der Waals surface area contributed by atoms with Gasteiger partial charge in [0.15, 0.2) is 0 Å². The predicted molar refractivity (Wildman–Crippen MR) is 66.5 cm³/mol. The lowest BCUT2D eigenvalue weighted by Gasteiger charge is -2.06. The number of aliphatic hydroxyl groups excluding tert-OH is 1. The van der Waals surface area contributed by atoms with Crippen molar-refractivity contribution >= 4 is 16.9 Å². The first-order valence-electron chi connectivity index (χ1n) is 5.57. The van der Waals surface area contributed by atoms with Crippen LogP contribution in [-0.4, -0.2) is 23.7 Å². The molecule has 1 amide bonds. The molecule has 5 nitrogen and oxygen atoms in total. The Bertz CT molecular complexity index is 630. The van der Waals surface area contributed by atoms with E-state index in [-0.39, 0.29) is 12.1 Å². The average Bonchev–Trinajstić information content (AvgIpc) is 2.35. The Kier molecular flexibility index (Phi) is 3.43. The summed E-state index contributed by atoms with van der Waals surface area (Å²) in [5.74, 6) is -0.546. The Morgan fingerprint density at radius 1 is 1.44 bits per heavy atom. The fourth-order valence-electron chi connectivity index (χ4n) is 1.56. The number of nitrogens with one attached hydrogen (secondary N) is 1. The van der Waals surface area contributed by atoms with E-state index in [2.05, 4.69) is 5.32 Å². The Hall–Kier alpha value is -2.14. The van der Waals surface area contributed by atoms with E-state index < -0.39 is 17.6 Å². The number of fused-ring (bicyclic) bond motifs is 1. The lowest BCUT2D eigenvalue weighted by atomic mass is 10.2. The minimum Gasteiger partial charge on any atom is -0.422 e. The van der Waals surface area contributed by atoms with Crippen LogP contribution in [0.15, 0.2) is 39.5 Å². The number of carbonyl (C=O) groups excluding carboxylic acids is 1. The quantitative estimate of drug-likeness (QED) is 0.790. The van der Waals surface area contributed by atoms with Crippen LogP contribution in [0.2, 0.25) is 0 Å². The number of rotatable bonds is 3. The summed E-state index contributed by atoms with van der Waals surface area (Å²) in [5, 5.41) is 12.2. The monoisotopic (exact) mass is 247 g/mol. The maximum absolute atomic E-state index is 11.7. The van der Waals surface area contributed by atoms with Crippen molar-refractivity contribution in [1.29, 1.82) is 0 Å². The molecule has 1 aromatic heterocycles. The van der Waals surface area contributed by atoms with Crippen molar-refractivity contribution in [2.24, 2.45) is 0 Å². The summed E-state index contributed by atoms with van der Waals surface area (Å²) in [6, 6.07) is 8.44. The molecule has 1 aromatic carbocycles. The lowest BCUT2D eigenvalue weighted by molar-refractivity contribution is 0.0920. The molecule has 0 saturated heterocycles. The molecule has 0 unspecified atom stereocenters. The van der Waals surface area contributed by atoms with E-state index in [9.17, 15) is 9.59 Å². The third kappa shape index (κ3) is 2.57. The Morgan fingerprint density at radius 3 is 2.89 bits per heavy atom. The van der Waals surface area contributed by atoms with Crippen LogP contribution >= 0.6 is 0 Å². The number of hydrogen-bond donors (Lipinski definition) is 2. The van der Waals surface area contributed by atoms with Crippen LogP contribution in [0.5, 0.6) is 0 Å². The van der Waals surface area contributed by atoms with Crippen LogP contribution in [0.1, 0.15) is 17.3 Å². The fourth-order valence-corrected chi connectivity index (χ4v) is 1.56. The van der Waals surface area contributed by atoms with E-state index in [1.165, 1.54) is 6.07 Å². The maximum Gasteiger partial charge on any atom is 0.349 e. The van der Waals surface area contributed by atoms with Gasteiger partial charge in [-0.2, -0.15) is 0 Å². The standard InChI is InChI=1S/C13H13NO4/c1-8(15)7-14-12(16)10-6-9-4-2-3-5-11(9)18-13(10)17/h2-6,8,15H,7H2,1H3,(H,14,16)/t8-/m1/s1. The van der Waals surface area contributed by atoms with Gasteiger partial charge in [-0.3, -0.25) is 4.79 Å². The molecule has 2 rings (SSSR count). The molecule has 0 aliphatic carbocycles. The van der Waals surface area contributed by atoms with Gasteiger partial charge in [-0.25, -0.2) is 4.79 Å². The lowest BCUT2D eigenvalue weighted by Crippen LogP contribution is -2.33. The third-order valence-electron chi connectivity index (χ3n) is 2.44. The molecule has 1 atom stereocenters. The number of carbonyl (C=O) groups is 1. The molecule has 5 heteroatoms. The highest BCUT2D eigenvalue weighted by atomic mass is 16.4. The molecule has 2 aromatic rings. The van der Waals surface area contributed by atoms with Crippen molar-refractivity contribution in [3.05, 3.63) is 46.3 Å². The van der Waals surface area contributed by atoms with Crippen molar-refractivity contribution < 1.29 is 14.3 Å². The van der Waals surface area contributed by atoms with Crippen molar-refractivity contribution in [3.8, 4) is 0 Å². The Morgan fingerprint density at radius 2 is 2.17 bits per heavy atom. The Balaban J connectivity index is 2.36. The molecule has 0 aliphatic heterocycles. The van der Waals surface area contributed by atoms with Crippen LogP contribution < -0.4 is 10.9 Å². The minimum absolute atomic E-state index is 0.0608. The van der Waals surface area contributed by atoms with E-state index in [1.807, 2.05) is 0 Å². The zero-order chi connectivity index (χ0) is 13.1. The molecule has 0 saturated carbocycles. The number of para-hydroxylation sites is 1. The van der Waals surface area contributed by atoms with E-state index in [0.29, 0.717) is 11.0 Å². The molecule has 0 radical (unpaired) electrons. The number of benzene rings is 1. The second-order valence-corrected chi connectivity index (χ2v) is 4.04. The smallest absolute Gasteiger partial charge is 0.349 e. The fraction of sp³-hybridized carbons (Fsp3) is 0.231. The summed E-state index contributed by atoms with van der Waals surface area (Å²) in [6.07, 6.45) is -0.665. The average molecular weight is 247 g/mol. The Labute approximate surface area is 103 Å². The van der Waals surface area contributed by atoms with Crippen molar-refractivity contribution in [1.82, 2.24) is 5.32 Å². The van der Waals surface area contributed by atoms with Gasteiger partial charge in [0.05, 0.1) is 6.10 Å². The zero-order valence-electron chi connectivity index (χ0n) is 9.84. The highest BCUT2D eigenvalue weighted by Crippen LogP contribution is 2.12. The van der Waals surface area contributed by atoms with Crippen molar-refractivity contribution in [2.75, 3.05) is 6.54 Å². The summed E-state index contributed by atoms with van der Waals surface area (Å²) < 4.78 is 5.04. The highest BCUT2D eigenvalue weighted by Gasteiger charge is 2.13. The van der Waals surface area contributed by atoms with Crippen molar-refractivity contribution in [2.45, 2.75) is 13.0 Å². The maximum atomic E-state index is 11.7. The molecule has 0 fully saturated rings. The van der Waals surface area contributed by atoms with Gasteiger partial charge in [0, 0.05) is 11.9 Å². The van der Waals surface area contributed by atoms with Crippen molar-refractivity contribution in [3.63, 3.8) is 0 Å². The first-order chi connectivity index (χ1) is 8.58. The third-order valence-corrected chi connectivity index (χ3v) is 2.44. The second kappa shape index (κ2) is 5.01. The number of hydrogen-bond acceptors (Lipinski definition) is 4. The van der Waals surface area contributed by atoms with Crippen LogP contribution in [0.4, 0.5) is 0 Å². The summed E-state index contributed by atoms with van der Waals surface area (Å²) in [6.45, 7) is 1.63. The molecular formula is C13H13NO4. The van der Waals surface area contributed by atoms with Crippen LogP contribution in [0.25, 0.3) is 11.0 Å². The molecule has 1 heterocycles. The summed E-state index contributed by atoms with van der Waals surface area (Å²) in [4.78, 5) is 23.4. The van der Waals surface area contributed by atoms with Gasteiger partial charge in [0.1, 0.15) is 11.1 Å². The molecule has 0 aliphatic rings. The van der Waals surface area contributed by atoms with Crippen LogP contribution in [0, 0.1) is 0 Å². The van der Waals surface area contributed by atoms with Gasteiger partial charge in [-0.15, -0.1) is 0 Å². The molecule has 2 N–H and O–H groups in total. The van der Waals surface area contributed by atoms with Crippen LogP contribution in [-0.2, 0) is 0 Å². The first-order valence-corrected chi connectivity index (χ1v) is 5.57. The molecule has 18 heavy (non-hydrogen) atoms. The van der Waals surface area contributed by atoms with Gasteiger partial charge in [0.2, 0.25) is 0 Å². The van der Waals surface area contributed by atoms with E-state index in [1.54, 1.807) is 31.2 Å². The largest absolute Gasteiger partial charge is 0.422 e. The SMILES string of the molecule is C[C@@H](O)CNC(=O)c1cc2ccccc2oc1=O. The molecular weight excluding hydrogens is 234 g/mol. The second-order valence-electron chi connectivity index (χ2n) is 4.04. The van der Waals surface area contributed by atoms with Gasteiger partial charge >= 0.3 is 5.63 Å². The van der Waals surface area contributed by atoms with Crippen LogP contribution in [0.3, 0.4) is 0 Å². The van der Waals surface area contributed by atoms with E-state index in [0.717, 1.165) is 0 Å². The van der Waals surface area contributed by atoms with Gasteiger partial charge < -0.3 is 14.8 Å². The first kappa shape index (κ1) is 12.3. The van der Waals surface area contributed by atoms with Gasteiger partial charge in [0.25, 0.3) is 5.91 Å². The molecule has 0 spiro atoms. The summed E-state index contributed by atoms with van der Waals surface area (Å²) >= 11 is 0. The summed E-state index contributed by atoms with van der Waals surface area (Å²) in [7, 11) is 0. The normalized spacial score (nSPS) is 12.3. The van der Waals surface area contributed by atoms with E-state index >= 15 is 0 Å². The topological polar surface area (TPSA) is 79.5 Å². The van der Waals surface area contributed by atoms with E-state index in [4.69, 9.17) is 9.52 Å². The highest BCUT2D eigenvalue weighted by molar-refractivity contribution is 5.96. The molecule has 94 valence electrons. The minimum atomic E-state index is -0.684. The van der Waals surface area contributed by atoms with Gasteiger partial charge in [-0.1, -0.05) is 18.2 Å². The zero-order valence-corrected chi connectivity index (χ0v) is 9.84. The number of amides is 1.